The van der Waals surface area contributed by atoms with E-state index in [1.54, 1.807) is 30.3 Å². The summed E-state index contributed by atoms with van der Waals surface area (Å²) in [6, 6.07) is 7.79. The van der Waals surface area contributed by atoms with E-state index in [4.69, 9.17) is 28.4 Å². The molecule has 0 bridgehead atoms. The molecule has 43 heavy (non-hydrogen) atoms. The first kappa shape index (κ1) is 32.5. The molecule has 1 aromatic heterocycles. The molecule has 2 aromatic rings. The van der Waals surface area contributed by atoms with Gasteiger partial charge >= 0.3 is 35.7 Å². The van der Waals surface area contributed by atoms with Crippen LogP contribution in [0.5, 0.6) is 0 Å². The monoisotopic (exact) mass is 605 g/mol. The maximum Gasteiger partial charge on any atom is 0.408 e. The van der Waals surface area contributed by atoms with Crippen molar-refractivity contribution >= 4 is 30.0 Å². The number of alkyl carbamates (subject to hydrolysis) is 1. The summed E-state index contributed by atoms with van der Waals surface area (Å²) >= 11 is 0. The molecule has 2 N–H and O–H groups in total. The summed E-state index contributed by atoms with van der Waals surface area (Å²) in [5.74, 6) is -3.79. The molecular weight excluding hydrogens is 574 g/mol. The molecule has 2 heterocycles. The Bertz CT molecular complexity index is 1440. The largest absolute Gasteiger partial charge is 0.464 e. The number of rotatable bonds is 11. The van der Waals surface area contributed by atoms with Gasteiger partial charge < -0.3 is 33.7 Å². The summed E-state index contributed by atoms with van der Waals surface area (Å²) in [6.45, 7) is 4.25. The molecule has 1 saturated heterocycles. The van der Waals surface area contributed by atoms with Gasteiger partial charge in [0.15, 0.2) is 30.6 Å². The van der Waals surface area contributed by atoms with Crippen molar-refractivity contribution in [2.75, 3.05) is 6.61 Å². The average Bonchev–Trinajstić information content (AvgIpc) is 3.25. The summed E-state index contributed by atoms with van der Waals surface area (Å²) in [5, 5.41) is 2.30. The first-order valence-corrected chi connectivity index (χ1v) is 13.0. The Morgan fingerprint density at radius 2 is 1.58 bits per heavy atom. The normalized spacial score (nSPS) is 20.7. The highest BCUT2D eigenvalue weighted by molar-refractivity contribution is 5.82. The van der Waals surface area contributed by atoms with Gasteiger partial charge in [-0.15, -0.1) is 0 Å². The molecule has 232 valence electrons. The van der Waals surface area contributed by atoms with Gasteiger partial charge in [0.1, 0.15) is 12.7 Å². The van der Waals surface area contributed by atoms with E-state index >= 15 is 0 Å². The Kier molecular flexibility index (Phi) is 11.2. The molecule has 0 aliphatic carbocycles. The Morgan fingerprint density at radius 3 is 2.16 bits per heavy atom. The fourth-order valence-corrected chi connectivity index (χ4v) is 4.34. The molecule has 16 nitrogen and oxygen atoms in total. The highest BCUT2D eigenvalue weighted by Gasteiger charge is 2.57. The number of H-pyrrole nitrogens is 1. The number of carbonyl (C=O) groups excluding carboxylic acids is 5. The zero-order valence-corrected chi connectivity index (χ0v) is 23.7. The zero-order valence-electron chi connectivity index (χ0n) is 23.7. The maximum absolute atomic E-state index is 13.1. The molecule has 6 atom stereocenters. The molecular formula is C27H31N3O13. The minimum atomic E-state index is -1.81. The van der Waals surface area contributed by atoms with Gasteiger partial charge in [0, 0.05) is 33.0 Å². The van der Waals surface area contributed by atoms with E-state index in [0.29, 0.717) is 5.56 Å². The van der Waals surface area contributed by atoms with Gasteiger partial charge in [0.2, 0.25) is 0 Å². The minimum Gasteiger partial charge on any atom is -0.464 e. The van der Waals surface area contributed by atoms with Gasteiger partial charge in [0.05, 0.1) is 6.61 Å². The molecule has 1 aliphatic rings. The van der Waals surface area contributed by atoms with Crippen molar-refractivity contribution in [3.05, 3.63) is 69.0 Å². The third-order valence-electron chi connectivity index (χ3n) is 5.94. The number of ether oxygens (including phenoxy) is 6. The molecule has 1 amide bonds. The highest BCUT2D eigenvalue weighted by atomic mass is 16.7. The fourth-order valence-electron chi connectivity index (χ4n) is 4.34. The van der Waals surface area contributed by atoms with Crippen molar-refractivity contribution in [2.24, 2.45) is 0 Å². The van der Waals surface area contributed by atoms with Crippen molar-refractivity contribution in [1.82, 2.24) is 14.9 Å². The Morgan fingerprint density at radius 1 is 0.930 bits per heavy atom. The number of hydrogen-bond donors (Lipinski definition) is 2. The quantitative estimate of drug-likeness (QED) is 0.257. The van der Waals surface area contributed by atoms with Crippen LogP contribution in [0.25, 0.3) is 0 Å². The van der Waals surface area contributed by atoms with Crippen LogP contribution in [-0.4, -0.2) is 76.6 Å². The first-order valence-electron chi connectivity index (χ1n) is 13.0. The fraction of sp³-hybridized carbons (Fsp3) is 0.444. The van der Waals surface area contributed by atoms with E-state index in [2.05, 4.69) is 5.32 Å². The number of amides is 1. The van der Waals surface area contributed by atoms with E-state index in [9.17, 15) is 33.6 Å². The number of esters is 4. The maximum atomic E-state index is 13.1. The van der Waals surface area contributed by atoms with Crippen molar-refractivity contribution in [3.63, 3.8) is 0 Å². The topological polar surface area (TPSA) is 208 Å². The lowest BCUT2D eigenvalue weighted by atomic mass is 9.98. The summed E-state index contributed by atoms with van der Waals surface area (Å²) < 4.78 is 33.3. The van der Waals surface area contributed by atoms with E-state index < -0.39 is 77.9 Å². The predicted octanol–water partition coefficient (Wildman–Crippen LogP) is 0.0872. The molecule has 1 aromatic carbocycles. The number of benzene rings is 1. The Labute approximate surface area is 244 Å². The molecule has 0 saturated carbocycles. The second kappa shape index (κ2) is 14.8. The number of aromatic amines is 1. The third-order valence-corrected chi connectivity index (χ3v) is 5.94. The predicted molar refractivity (Wildman–Crippen MR) is 142 cm³/mol. The average molecular weight is 606 g/mol. The van der Waals surface area contributed by atoms with Crippen LogP contribution >= 0.6 is 0 Å². The van der Waals surface area contributed by atoms with Crippen LogP contribution in [0.2, 0.25) is 0 Å². The van der Waals surface area contributed by atoms with Crippen LogP contribution in [-0.2, 0) is 54.2 Å². The number of aromatic nitrogens is 2. The molecule has 0 radical (unpaired) electrons. The second-order valence-electron chi connectivity index (χ2n) is 9.17. The van der Waals surface area contributed by atoms with Crippen LogP contribution in [0.1, 0.15) is 39.5 Å². The minimum absolute atomic E-state index is 0.146. The van der Waals surface area contributed by atoms with Crippen molar-refractivity contribution in [2.45, 2.75) is 71.0 Å². The number of nitrogens with zero attached hydrogens (tertiary/aromatic N) is 1. The number of nitrogens with one attached hydrogen (secondary N) is 2. The Balaban J connectivity index is 2.06. The first-order chi connectivity index (χ1) is 20.4. The highest BCUT2D eigenvalue weighted by Crippen LogP contribution is 2.36. The van der Waals surface area contributed by atoms with Gasteiger partial charge in [0.25, 0.3) is 5.56 Å². The lowest BCUT2D eigenvalue weighted by molar-refractivity contribution is -0.176. The molecule has 1 aliphatic heterocycles. The summed E-state index contributed by atoms with van der Waals surface area (Å²) in [7, 11) is 0. The van der Waals surface area contributed by atoms with Crippen molar-refractivity contribution < 1.29 is 52.4 Å². The Hall–Kier alpha value is -4.99. The van der Waals surface area contributed by atoms with Crippen LogP contribution < -0.4 is 16.6 Å². The van der Waals surface area contributed by atoms with Gasteiger partial charge in [-0.1, -0.05) is 30.3 Å². The second-order valence-corrected chi connectivity index (χ2v) is 9.17. The molecule has 0 spiro atoms. The van der Waals surface area contributed by atoms with Crippen LogP contribution in [0.15, 0.2) is 52.2 Å². The van der Waals surface area contributed by atoms with Gasteiger partial charge in [-0.2, -0.15) is 0 Å². The van der Waals surface area contributed by atoms with E-state index in [1.165, 1.54) is 6.92 Å². The van der Waals surface area contributed by atoms with Crippen LogP contribution in [0, 0.1) is 0 Å². The SMILES string of the molecule is CCOC(=O)C(NC(=O)OCc1ccccc1)C(OC(C)=O)C1OC(n2ccc(=O)[nH]c2=O)C(OC(C)=O)C1OC(C)=O. The zero-order chi connectivity index (χ0) is 31.7. The summed E-state index contributed by atoms with van der Waals surface area (Å²) in [4.78, 5) is 88.8. The molecule has 1 fully saturated rings. The van der Waals surface area contributed by atoms with Gasteiger partial charge in [-0.25, -0.2) is 14.4 Å². The number of hydrogen-bond acceptors (Lipinski definition) is 13. The van der Waals surface area contributed by atoms with Crippen molar-refractivity contribution in [1.29, 1.82) is 0 Å². The van der Waals surface area contributed by atoms with Gasteiger partial charge in [-0.05, 0) is 12.5 Å². The molecule has 3 rings (SSSR count). The molecule has 6 unspecified atom stereocenters. The smallest absolute Gasteiger partial charge is 0.408 e. The van der Waals surface area contributed by atoms with Crippen LogP contribution in [0.4, 0.5) is 4.79 Å². The summed E-state index contributed by atoms with van der Waals surface area (Å²) in [5.41, 5.74) is -1.09. The summed E-state index contributed by atoms with van der Waals surface area (Å²) in [6.07, 6.45) is -8.22. The standard InChI is InChI=1S/C27H31N3O13/c1-5-38-25(35)19(29-27(37)39-13-17-9-7-6-8-10-17)20(40-14(2)31)21-22(41-15(3)32)23(42-16(4)33)24(43-21)30-12-11-18(34)28-26(30)36/h6-12,19-24H,5,13H2,1-4H3,(H,29,37)(H,28,34,36). The van der Waals surface area contributed by atoms with Crippen LogP contribution in [0.3, 0.4) is 0 Å². The van der Waals surface area contributed by atoms with Crippen molar-refractivity contribution in [3.8, 4) is 0 Å². The van der Waals surface area contributed by atoms with Gasteiger partial charge in [-0.3, -0.25) is 28.7 Å². The van der Waals surface area contributed by atoms with E-state index in [-0.39, 0.29) is 13.2 Å². The van der Waals surface area contributed by atoms with E-state index in [0.717, 1.165) is 37.6 Å². The lowest BCUT2D eigenvalue weighted by Gasteiger charge is -2.32. The third kappa shape index (κ3) is 8.75. The number of carbonyl (C=O) groups is 5. The van der Waals surface area contributed by atoms with E-state index in [1.807, 2.05) is 4.98 Å². The lowest BCUT2D eigenvalue weighted by Crippen LogP contribution is -2.58. The molecule has 16 heteroatoms.